The van der Waals surface area contributed by atoms with Crippen molar-refractivity contribution in [1.29, 1.82) is 0 Å². The molecule has 0 radical (unpaired) electrons. The molecule has 0 aliphatic heterocycles. The number of hydrogen-bond donors (Lipinski definition) is 0. The number of benzene rings is 2. The standard InChI is InChI=1S/C19H21BrN2/c1-12(2)21-11-22-19-16(7-6-8-17(19)20)18-14(4)9-13(3)10-15(18)5/h6-10,12H,1-5H3. The van der Waals surface area contributed by atoms with Crippen molar-refractivity contribution >= 4 is 27.6 Å². The fraction of sp³-hybridized carbons (Fsp3) is 0.316. The van der Waals surface area contributed by atoms with E-state index in [1.807, 2.05) is 26.0 Å². The van der Waals surface area contributed by atoms with Crippen molar-refractivity contribution in [2.45, 2.75) is 40.7 Å². The molecule has 0 spiro atoms. The van der Waals surface area contributed by atoms with E-state index in [9.17, 15) is 0 Å². The summed E-state index contributed by atoms with van der Waals surface area (Å²) in [6.45, 7) is 10.4. The Morgan fingerprint density at radius 3 is 2.27 bits per heavy atom. The zero-order valence-corrected chi connectivity index (χ0v) is 15.3. The summed E-state index contributed by atoms with van der Waals surface area (Å²) in [4.78, 5) is 8.68. The molecule has 0 aromatic heterocycles. The van der Waals surface area contributed by atoms with Crippen molar-refractivity contribution in [2.75, 3.05) is 0 Å². The van der Waals surface area contributed by atoms with E-state index in [1.54, 1.807) is 0 Å². The normalized spacial score (nSPS) is 10.5. The molecule has 0 fully saturated rings. The predicted octanol–water partition coefficient (Wildman–Crippen LogP) is 6.26. The van der Waals surface area contributed by atoms with Gasteiger partial charge in [-0.15, -0.1) is 0 Å². The lowest BCUT2D eigenvalue weighted by atomic mass is 9.93. The first-order chi connectivity index (χ1) is 10.4. The van der Waals surface area contributed by atoms with Gasteiger partial charge in [-0.2, -0.15) is 4.99 Å². The van der Waals surface area contributed by atoms with Crippen molar-refractivity contribution in [1.82, 2.24) is 0 Å². The molecule has 3 heteroatoms. The minimum absolute atomic E-state index is 0.192. The van der Waals surface area contributed by atoms with E-state index in [4.69, 9.17) is 0 Å². The maximum atomic E-state index is 4.46. The zero-order chi connectivity index (χ0) is 16.3. The quantitative estimate of drug-likeness (QED) is 0.580. The Morgan fingerprint density at radius 1 is 1.05 bits per heavy atom. The minimum atomic E-state index is 0.192. The highest BCUT2D eigenvalue weighted by atomic mass is 79.9. The van der Waals surface area contributed by atoms with E-state index in [0.717, 1.165) is 15.7 Å². The fourth-order valence-corrected chi connectivity index (χ4v) is 3.08. The largest absolute Gasteiger partial charge is 0.223 e. The molecular formula is C19H21BrN2. The summed E-state index contributed by atoms with van der Waals surface area (Å²) in [7, 11) is 0. The molecule has 0 amide bonds. The van der Waals surface area contributed by atoms with Crippen molar-refractivity contribution in [3.05, 3.63) is 51.5 Å². The lowest BCUT2D eigenvalue weighted by Crippen LogP contribution is -1.91. The fourth-order valence-electron chi connectivity index (χ4n) is 2.63. The van der Waals surface area contributed by atoms with Gasteiger partial charge in [0.1, 0.15) is 0 Å². The number of nitrogens with zero attached hydrogens (tertiary/aromatic N) is 2. The second-order valence-electron chi connectivity index (χ2n) is 5.84. The molecule has 0 unspecified atom stereocenters. The SMILES string of the molecule is Cc1cc(C)c(-c2cccc(Br)c2N=C=NC(C)C)c(C)c1. The molecule has 2 aromatic rings. The second-order valence-corrected chi connectivity index (χ2v) is 6.70. The van der Waals surface area contributed by atoms with Gasteiger partial charge in [-0.25, -0.2) is 4.99 Å². The average Bonchev–Trinajstić information content (AvgIpc) is 2.40. The van der Waals surface area contributed by atoms with Crippen molar-refractivity contribution < 1.29 is 0 Å². The van der Waals surface area contributed by atoms with E-state index in [-0.39, 0.29) is 6.04 Å². The molecule has 0 heterocycles. The molecule has 2 nitrogen and oxygen atoms in total. The molecule has 0 aliphatic rings. The van der Waals surface area contributed by atoms with E-state index >= 15 is 0 Å². The van der Waals surface area contributed by atoms with Crippen LogP contribution in [0.5, 0.6) is 0 Å². The van der Waals surface area contributed by atoms with E-state index in [0.29, 0.717) is 0 Å². The monoisotopic (exact) mass is 356 g/mol. The van der Waals surface area contributed by atoms with Gasteiger partial charge in [0.05, 0.1) is 17.7 Å². The Labute approximate surface area is 141 Å². The van der Waals surface area contributed by atoms with Crippen LogP contribution in [0.25, 0.3) is 11.1 Å². The van der Waals surface area contributed by atoms with Crippen LogP contribution in [0.4, 0.5) is 5.69 Å². The lowest BCUT2D eigenvalue weighted by molar-refractivity contribution is 0.842. The summed E-state index contributed by atoms with van der Waals surface area (Å²) in [5, 5.41) is 0. The van der Waals surface area contributed by atoms with Crippen molar-refractivity contribution in [3.63, 3.8) is 0 Å². The van der Waals surface area contributed by atoms with Crippen LogP contribution in [0.1, 0.15) is 30.5 Å². The molecule has 2 aromatic carbocycles. The summed E-state index contributed by atoms with van der Waals surface area (Å²) >= 11 is 3.60. The molecule has 114 valence electrons. The Balaban J connectivity index is 2.67. The van der Waals surface area contributed by atoms with Crippen LogP contribution in [0.2, 0.25) is 0 Å². The number of hydrogen-bond acceptors (Lipinski definition) is 2. The van der Waals surface area contributed by atoms with E-state index in [1.165, 1.54) is 22.3 Å². The Bertz CT molecular complexity index is 731. The third-order valence-electron chi connectivity index (χ3n) is 3.41. The van der Waals surface area contributed by atoms with Crippen LogP contribution in [0.15, 0.2) is 44.8 Å². The summed E-state index contributed by atoms with van der Waals surface area (Å²) in [5.74, 6) is 0. The zero-order valence-electron chi connectivity index (χ0n) is 13.7. The summed E-state index contributed by atoms with van der Waals surface area (Å²) < 4.78 is 0.954. The molecule has 0 aliphatic carbocycles. The second kappa shape index (κ2) is 7.04. The highest BCUT2D eigenvalue weighted by Crippen LogP contribution is 2.39. The number of para-hydroxylation sites is 1. The maximum absolute atomic E-state index is 4.46. The predicted molar refractivity (Wildman–Crippen MR) is 98.4 cm³/mol. The molecule has 0 atom stereocenters. The highest BCUT2D eigenvalue weighted by Gasteiger charge is 2.12. The van der Waals surface area contributed by atoms with Gasteiger partial charge in [0.2, 0.25) is 0 Å². The van der Waals surface area contributed by atoms with Crippen molar-refractivity contribution in [3.8, 4) is 11.1 Å². The molecule has 2 rings (SSSR count). The van der Waals surface area contributed by atoms with Gasteiger partial charge >= 0.3 is 0 Å². The maximum Gasteiger partial charge on any atom is 0.0966 e. The summed E-state index contributed by atoms with van der Waals surface area (Å²) in [5.41, 5.74) is 7.01. The highest BCUT2D eigenvalue weighted by molar-refractivity contribution is 9.10. The first-order valence-corrected chi connectivity index (χ1v) is 8.21. The Hall–Kier alpha value is -1.70. The number of rotatable bonds is 3. The number of halogens is 1. The van der Waals surface area contributed by atoms with Gasteiger partial charge in [0.25, 0.3) is 0 Å². The number of aliphatic imine (C=N–C) groups is 2. The Kier molecular flexibility index (Phi) is 5.33. The summed E-state index contributed by atoms with van der Waals surface area (Å²) in [6.07, 6.45) is 0. The van der Waals surface area contributed by atoms with Crippen LogP contribution < -0.4 is 0 Å². The van der Waals surface area contributed by atoms with Gasteiger partial charge in [-0.3, -0.25) is 0 Å². The third-order valence-corrected chi connectivity index (χ3v) is 4.05. The molecule has 0 bridgehead atoms. The van der Waals surface area contributed by atoms with Crippen LogP contribution >= 0.6 is 15.9 Å². The lowest BCUT2D eigenvalue weighted by Gasteiger charge is -2.14. The topological polar surface area (TPSA) is 24.7 Å². The van der Waals surface area contributed by atoms with Crippen LogP contribution in [0, 0.1) is 20.8 Å². The molecular weight excluding hydrogens is 336 g/mol. The first-order valence-electron chi connectivity index (χ1n) is 7.42. The Morgan fingerprint density at radius 2 is 1.68 bits per heavy atom. The minimum Gasteiger partial charge on any atom is -0.223 e. The van der Waals surface area contributed by atoms with Crippen LogP contribution in [0.3, 0.4) is 0 Å². The van der Waals surface area contributed by atoms with Gasteiger partial charge in [-0.05, 0) is 73.3 Å². The third kappa shape index (κ3) is 3.73. The van der Waals surface area contributed by atoms with E-state index < -0.39 is 0 Å². The van der Waals surface area contributed by atoms with Crippen LogP contribution in [-0.2, 0) is 0 Å². The molecule has 0 saturated heterocycles. The molecule has 0 saturated carbocycles. The number of aryl methyl sites for hydroxylation is 3. The van der Waals surface area contributed by atoms with Gasteiger partial charge in [0.15, 0.2) is 0 Å². The van der Waals surface area contributed by atoms with Gasteiger partial charge in [-0.1, -0.05) is 29.8 Å². The summed E-state index contributed by atoms with van der Waals surface area (Å²) in [6, 6.07) is 13.6. The average molecular weight is 357 g/mol. The van der Waals surface area contributed by atoms with Crippen molar-refractivity contribution in [2.24, 2.45) is 9.98 Å². The first kappa shape index (κ1) is 16.7. The van der Waals surface area contributed by atoms with E-state index in [2.05, 4.69) is 70.9 Å². The van der Waals surface area contributed by atoms with Crippen LogP contribution in [-0.4, -0.2) is 12.1 Å². The smallest absolute Gasteiger partial charge is 0.0966 e. The van der Waals surface area contributed by atoms with Gasteiger partial charge in [0, 0.05) is 10.0 Å². The molecule has 0 N–H and O–H groups in total. The molecule has 22 heavy (non-hydrogen) atoms. The van der Waals surface area contributed by atoms with Gasteiger partial charge < -0.3 is 0 Å².